The van der Waals surface area contributed by atoms with Crippen LogP contribution in [0.1, 0.15) is 23.2 Å². The molecule has 0 amide bonds. The number of rotatable bonds is 4. The molecule has 4 rings (SSSR count). The lowest BCUT2D eigenvalue weighted by Gasteiger charge is -2.20. The van der Waals surface area contributed by atoms with E-state index in [-0.39, 0.29) is 5.97 Å². The number of nitrogens with zero attached hydrogens (tertiary/aromatic N) is 3. The smallest absolute Gasteiger partial charge is 0.338 e. The van der Waals surface area contributed by atoms with E-state index in [9.17, 15) is 4.79 Å². The van der Waals surface area contributed by atoms with Crippen molar-refractivity contribution in [2.45, 2.75) is 18.0 Å². The number of thioether (sulfide) groups is 1. The first kappa shape index (κ1) is 17.8. The zero-order valence-corrected chi connectivity index (χ0v) is 16.3. The molecule has 6 heteroatoms. The molecular weight excluding hydrogens is 358 g/mol. The molecule has 0 saturated carbocycles. The molecule has 1 saturated heterocycles. The summed E-state index contributed by atoms with van der Waals surface area (Å²) in [6.07, 6.45) is 4.30. The van der Waals surface area contributed by atoms with E-state index in [1.807, 2.05) is 48.7 Å². The van der Waals surface area contributed by atoms with Crippen molar-refractivity contribution in [3.05, 3.63) is 48.0 Å². The standard InChI is InChI=1S/C21H21N3O2S/c1-26-20(25)16-12-17-18(13-15(16)14-8-4-3-5-9-14)22-21(27-2)23-19(17)24-10-6-7-11-24/h3-5,8-9,12-13H,6-7,10-11H2,1-2H3. The number of ether oxygens (including phenoxy) is 1. The van der Waals surface area contributed by atoms with Gasteiger partial charge in [-0.3, -0.25) is 0 Å². The summed E-state index contributed by atoms with van der Waals surface area (Å²) in [5, 5.41) is 1.64. The van der Waals surface area contributed by atoms with Gasteiger partial charge in [-0.25, -0.2) is 14.8 Å². The molecule has 1 aliphatic rings. The van der Waals surface area contributed by atoms with Crippen molar-refractivity contribution in [2.24, 2.45) is 0 Å². The van der Waals surface area contributed by atoms with Gasteiger partial charge >= 0.3 is 5.97 Å². The maximum absolute atomic E-state index is 12.5. The Morgan fingerprint density at radius 3 is 2.52 bits per heavy atom. The summed E-state index contributed by atoms with van der Waals surface area (Å²) in [5.41, 5.74) is 3.18. The second-order valence-electron chi connectivity index (χ2n) is 6.50. The van der Waals surface area contributed by atoms with Gasteiger partial charge in [-0.1, -0.05) is 42.1 Å². The van der Waals surface area contributed by atoms with Crippen LogP contribution in [-0.4, -0.2) is 42.4 Å². The molecule has 0 N–H and O–H groups in total. The third-order valence-corrected chi connectivity index (χ3v) is 5.42. The zero-order valence-electron chi connectivity index (χ0n) is 15.4. The number of fused-ring (bicyclic) bond motifs is 1. The van der Waals surface area contributed by atoms with E-state index in [0.29, 0.717) is 5.56 Å². The Balaban J connectivity index is 2.00. The fourth-order valence-electron chi connectivity index (χ4n) is 3.54. The van der Waals surface area contributed by atoms with Crippen molar-refractivity contribution >= 4 is 34.5 Å². The van der Waals surface area contributed by atoms with Gasteiger partial charge in [-0.05, 0) is 42.4 Å². The van der Waals surface area contributed by atoms with Crippen LogP contribution in [0, 0.1) is 0 Å². The lowest BCUT2D eigenvalue weighted by molar-refractivity contribution is 0.0602. The third kappa shape index (κ3) is 3.37. The van der Waals surface area contributed by atoms with Crippen molar-refractivity contribution in [1.29, 1.82) is 0 Å². The fourth-order valence-corrected chi connectivity index (χ4v) is 3.90. The van der Waals surface area contributed by atoms with E-state index in [1.165, 1.54) is 18.9 Å². The zero-order chi connectivity index (χ0) is 18.8. The molecule has 1 aliphatic heterocycles. The van der Waals surface area contributed by atoms with Gasteiger partial charge in [-0.15, -0.1) is 0 Å². The van der Waals surface area contributed by atoms with Gasteiger partial charge in [0.25, 0.3) is 0 Å². The minimum Gasteiger partial charge on any atom is -0.465 e. The molecule has 5 nitrogen and oxygen atoms in total. The Kier molecular flexibility index (Phi) is 4.99. The second kappa shape index (κ2) is 7.56. The average Bonchev–Trinajstić information content (AvgIpc) is 3.26. The van der Waals surface area contributed by atoms with Crippen LogP contribution in [0.3, 0.4) is 0 Å². The van der Waals surface area contributed by atoms with Crippen LogP contribution in [-0.2, 0) is 4.74 Å². The lowest BCUT2D eigenvalue weighted by atomic mass is 9.97. The van der Waals surface area contributed by atoms with Crippen LogP contribution < -0.4 is 4.90 Å². The SMILES string of the molecule is COC(=O)c1cc2c(N3CCCC3)nc(SC)nc2cc1-c1ccccc1. The Bertz CT molecular complexity index is 986. The summed E-state index contributed by atoms with van der Waals surface area (Å²) in [5.74, 6) is 0.559. The molecular formula is C21H21N3O2S. The van der Waals surface area contributed by atoms with Gasteiger partial charge in [0.2, 0.25) is 0 Å². The number of aromatic nitrogens is 2. The number of esters is 1. The number of carbonyl (C=O) groups is 1. The van der Waals surface area contributed by atoms with Crippen molar-refractivity contribution in [3.63, 3.8) is 0 Å². The number of hydrogen-bond donors (Lipinski definition) is 0. The Labute approximate surface area is 162 Å². The Morgan fingerprint density at radius 1 is 1.11 bits per heavy atom. The molecule has 2 heterocycles. The predicted octanol–water partition coefficient (Wildman–Crippen LogP) is 4.41. The van der Waals surface area contributed by atoms with Gasteiger partial charge in [-0.2, -0.15) is 0 Å². The molecule has 0 radical (unpaired) electrons. The van der Waals surface area contributed by atoms with Crippen LogP contribution in [0.5, 0.6) is 0 Å². The third-order valence-electron chi connectivity index (χ3n) is 4.87. The van der Waals surface area contributed by atoms with Gasteiger partial charge < -0.3 is 9.64 Å². The molecule has 0 aliphatic carbocycles. The maximum Gasteiger partial charge on any atom is 0.338 e. The molecule has 138 valence electrons. The van der Waals surface area contributed by atoms with Crippen LogP contribution in [0.15, 0.2) is 47.6 Å². The highest BCUT2D eigenvalue weighted by Gasteiger charge is 2.22. The number of anilines is 1. The van der Waals surface area contributed by atoms with E-state index in [4.69, 9.17) is 14.7 Å². The quantitative estimate of drug-likeness (QED) is 0.380. The topological polar surface area (TPSA) is 55.3 Å². The molecule has 0 atom stereocenters. The largest absolute Gasteiger partial charge is 0.465 e. The molecule has 3 aromatic rings. The van der Waals surface area contributed by atoms with Crippen LogP contribution in [0.2, 0.25) is 0 Å². The fraction of sp³-hybridized carbons (Fsp3) is 0.286. The van der Waals surface area contributed by atoms with Gasteiger partial charge in [0.05, 0.1) is 18.2 Å². The molecule has 0 unspecified atom stereocenters. The highest BCUT2D eigenvalue weighted by Crippen LogP contribution is 2.34. The van der Waals surface area contributed by atoms with E-state index in [0.717, 1.165) is 58.9 Å². The summed E-state index contributed by atoms with van der Waals surface area (Å²) in [6, 6.07) is 13.7. The van der Waals surface area contributed by atoms with E-state index < -0.39 is 0 Å². The molecule has 1 fully saturated rings. The first-order chi connectivity index (χ1) is 13.2. The van der Waals surface area contributed by atoms with Crippen molar-refractivity contribution in [1.82, 2.24) is 9.97 Å². The summed E-state index contributed by atoms with van der Waals surface area (Å²) < 4.78 is 5.06. The van der Waals surface area contributed by atoms with E-state index >= 15 is 0 Å². The molecule has 2 aromatic carbocycles. The van der Waals surface area contributed by atoms with Crippen molar-refractivity contribution < 1.29 is 9.53 Å². The highest BCUT2D eigenvalue weighted by atomic mass is 32.2. The minimum atomic E-state index is -0.350. The number of hydrogen-bond acceptors (Lipinski definition) is 6. The second-order valence-corrected chi connectivity index (χ2v) is 7.27. The monoisotopic (exact) mass is 379 g/mol. The van der Waals surface area contributed by atoms with Crippen LogP contribution in [0.4, 0.5) is 5.82 Å². The Morgan fingerprint density at radius 2 is 1.85 bits per heavy atom. The number of carbonyl (C=O) groups excluding carboxylic acids is 1. The minimum absolute atomic E-state index is 0.350. The first-order valence-electron chi connectivity index (χ1n) is 8.99. The summed E-state index contributed by atoms with van der Waals surface area (Å²) in [6.45, 7) is 1.96. The number of benzene rings is 2. The highest BCUT2D eigenvalue weighted by molar-refractivity contribution is 7.98. The molecule has 0 bridgehead atoms. The average molecular weight is 379 g/mol. The molecule has 1 aromatic heterocycles. The predicted molar refractivity (Wildman–Crippen MR) is 110 cm³/mol. The summed E-state index contributed by atoms with van der Waals surface area (Å²) in [7, 11) is 1.41. The van der Waals surface area contributed by atoms with Gasteiger partial charge in [0, 0.05) is 18.5 Å². The van der Waals surface area contributed by atoms with Crippen LogP contribution in [0.25, 0.3) is 22.0 Å². The van der Waals surface area contributed by atoms with Crippen molar-refractivity contribution in [3.8, 4) is 11.1 Å². The van der Waals surface area contributed by atoms with Crippen LogP contribution >= 0.6 is 11.8 Å². The normalized spacial score (nSPS) is 13.9. The van der Waals surface area contributed by atoms with Gasteiger partial charge in [0.1, 0.15) is 5.82 Å². The van der Waals surface area contributed by atoms with E-state index in [1.54, 1.807) is 0 Å². The maximum atomic E-state index is 12.5. The molecule has 27 heavy (non-hydrogen) atoms. The van der Waals surface area contributed by atoms with Gasteiger partial charge in [0.15, 0.2) is 5.16 Å². The summed E-state index contributed by atoms with van der Waals surface area (Å²) in [4.78, 5) is 24.3. The number of methoxy groups -OCH3 is 1. The molecule has 0 spiro atoms. The van der Waals surface area contributed by atoms with E-state index in [2.05, 4.69) is 4.90 Å². The summed E-state index contributed by atoms with van der Waals surface area (Å²) >= 11 is 1.53. The lowest BCUT2D eigenvalue weighted by Crippen LogP contribution is -2.20. The Hall–Kier alpha value is -2.60. The first-order valence-corrected chi connectivity index (χ1v) is 10.2. The van der Waals surface area contributed by atoms with Crippen molar-refractivity contribution in [2.75, 3.05) is 31.4 Å².